The zero-order valence-corrected chi connectivity index (χ0v) is 12.9. The van der Waals surface area contributed by atoms with Crippen molar-refractivity contribution in [3.63, 3.8) is 0 Å². The van der Waals surface area contributed by atoms with Crippen LogP contribution in [0.5, 0.6) is 0 Å². The molecule has 20 heavy (non-hydrogen) atoms. The molecule has 1 aromatic carbocycles. The topological polar surface area (TPSA) is 24.5 Å². The second kappa shape index (κ2) is 8.40. The summed E-state index contributed by atoms with van der Waals surface area (Å²) in [5, 5.41) is 3.64. The minimum atomic E-state index is 0.665. The Kier molecular flexibility index (Phi) is 6.51. The molecule has 0 aliphatic carbocycles. The van der Waals surface area contributed by atoms with Gasteiger partial charge in [-0.25, -0.2) is 0 Å². The maximum absolute atomic E-state index is 5.30. The van der Waals surface area contributed by atoms with E-state index in [1.807, 2.05) is 0 Å². The maximum atomic E-state index is 5.30. The number of nitrogens with zero attached hydrogens (tertiary/aromatic N) is 1. The molecule has 1 aromatic rings. The van der Waals surface area contributed by atoms with Crippen LogP contribution < -0.4 is 5.32 Å². The van der Waals surface area contributed by atoms with Crippen LogP contribution in [0.1, 0.15) is 37.3 Å². The van der Waals surface area contributed by atoms with E-state index >= 15 is 0 Å². The molecule has 0 aromatic heterocycles. The molecule has 0 spiro atoms. The van der Waals surface area contributed by atoms with E-state index in [0.717, 1.165) is 19.6 Å². The first-order valence-corrected chi connectivity index (χ1v) is 7.85. The smallest absolute Gasteiger partial charge is 0.0716 e. The molecule has 2 rings (SSSR count). The van der Waals surface area contributed by atoms with Gasteiger partial charge in [0.2, 0.25) is 0 Å². The van der Waals surface area contributed by atoms with Crippen molar-refractivity contribution >= 4 is 0 Å². The Hall–Kier alpha value is -0.900. The highest BCUT2D eigenvalue weighted by Crippen LogP contribution is 2.15. The first-order chi connectivity index (χ1) is 9.83. The summed E-state index contributed by atoms with van der Waals surface area (Å²) in [7, 11) is 1.76. The van der Waals surface area contributed by atoms with Gasteiger partial charge in [0.1, 0.15) is 0 Å². The molecule has 0 saturated carbocycles. The zero-order valence-electron chi connectivity index (χ0n) is 12.9. The van der Waals surface area contributed by atoms with Crippen molar-refractivity contribution in [2.75, 3.05) is 26.7 Å². The van der Waals surface area contributed by atoms with E-state index in [0.29, 0.717) is 12.6 Å². The van der Waals surface area contributed by atoms with Gasteiger partial charge in [0.15, 0.2) is 0 Å². The van der Waals surface area contributed by atoms with Gasteiger partial charge < -0.3 is 10.1 Å². The fourth-order valence-corrected chi connectivity index (χ4v) is 2.95. The second-order valence-electron chi connectivity index (χ2n) is 5.68. The molecule has 3 nitrogen and oxygen atoms in total. The Bertz CT molecular complexity index is 388. The Morgan fingerprint density at radius 1 is 1.25 bits per heavy atom. The van der Waals surface area contributed by atoms with Gasteiger partial charge in [-0.2, -0.15) is 0 Å². The maximum Gasteiger partial charge on any atom is 0.0716 e. The molecule has 1 unspecified atom stereocenters. The first kappa shape index (κ1) is 15.5. The average molecular weight is 276 g/mol. The molecule has 0 amide bonds. The van der Waals surface area contributed by atoms with Crippen LogP contribution in [0, 0.1) is 0 Å². The Morgan fingerprint density at radius 2 is 2.05 bits per heavy atom. The number of rotatable bonds is 7. The summed E-state index contributed by atoms with van der Waals surface area (Å²) < 4.78 is 5.30. The monoisotopic (exact) mass is 276 g/mol. The van der Waals surface area contributed by atoms with Crippen molar-refractivity contribution in [3.05, 3.63) is 35.4 Å². The molecule has 1 fully saturated rings. The van der Waals surface area contributed by atoms with Crippen LogP contribution in [0.25, 0.3) is 0 Å². The lowest BCUT2D eigenvalue weighted by Gasteiger charge is -2.30. The van der Waals surface area contributed by atoms with Gasteiger partial charge in [-0.05, 0) is 37.1 Å². The number of nitrogens with one attached hydrogen (secondary N) is 1. The van der Waals surface area contributed by atoms with Crippen LogP contribution in [-0.4, -0.2) is 37.7 Å². The van der Waals surface area contributed by atoms with Crippen molar-refractivity contribution in [2.24, 2.45) is 0 Å². The highest BCUT2D eigenvalue weighted by molar-refractivity contribution is 5.26. The lowest BCUT2D eigenvalue weighted by atomic mass is 10.0. The molecule has 112 valence electrons. The van der Waals surface area contributed by atoms with E-state index in [9.17, 15) is 0 Å². The normalized spacial score (nSPS) is 19.4. The molecule has 1 N–H and O–H groups in total. The van der Waals surface area contributed by atoms with Gasteiger partial charge in [-0.3, -0.25) is 4.90 Å². The van der Waals surface area contributed by atoms with E-state index < -0.39 is 0 Å². The molecule has 0 bridgehead atoms. The number of hydrogen-bond donors (Lipinski definition) is 1. The van der Waals surface area contributed by atoms with E-state index in [1.165, 1.54) is 36.9 Å². The Labute approximate surface area is 123 Å². The van der Waals surface area contributed by atoms with Crippen LogP contribution in [-0.2, 0) is 17.9 Å². The standard InChI is InChI=1S/C17H28N2O/c1-3-19(13-17-10-6-7-11-18-17)12-15-8-4-5-9-16(15)14-20-2/h4-5,8-9,17-18H,3,6-7,10-14H2,1-2H3. The van der Waals surface area contributed by atoms with Crippen LogP contribution in [0.3, 0.4) is 0 Å². The molecule has 1 saturated heterocycles. The van der Waals surface area contributed by atoms with E-state index in [2.05, 4.69) is 41.4 Å². The molecule has 1 aliphatic heterocycles. The number of piperidine rings is 1. The van der Waals surface area contributed by atoms with E-state index in [4.69, 9.17) is 4.74 Å². The minimum absolute atomic E-state index is 0.665. The van der Waals surface area contributed by atoms with Gasteiger partial charge in [0, 0.05) is 26.2 Å². The van der Waals surface area contributed by atoms with E-state index in [-0.39, 0.29) is 0 Å². The second-order valence-corrected chi connectivity index (χ2v) is 5.68. The third-order valence-electron chi connectivity index (χ3n) is 4.15. The zero-order chi connectivity index (χ0) is 14.2. The SMILES string of the molecule is CCN(Cc1ccccc1COC)CC1CCCCN1. The number of hydrogen-bond acceptors (Lipinski definition) is 3. The van der Waals surface area contributed by atoms with Crippen LogP contribution >= 0.6 is 0 Å². The first-order valence-electron chi connectivity index (χ1n) is 7.85. The van der Waals surface area contributed by atoms with Crippen molar-refractivity contribution in [2.45, 2.75) is 45.4 Å². The number of ether oxygens (including phenoxy) is 1. The largest absolute Gasteiger partial charge is 0.380 e. The summed E-state index contributed by atoms with van der Waals surface area (Å²) in [5.74, 6) is 0. The fourth-order valence-electron chi connectivity index (χ4n) is 2.95. The fraction of sp³-hybridized carbons (Fsp3) is 0.647. The molecule has 1 atom stereocenters. The molecular formula is C17H28N2O. The molecular weight excluding hydrogens is 248 g/mol. The Morgan fingerprint density at radius 3 is 2.70 bits per heavy atom. The molecule has 3 heteroatoms. The van der Waals surface area contributed by atoms with Crippen LogP contribution in [0.15, 0.2) is 24.3 Å². The summed E-state index contributed by atoms with van der Waals surface area (Å²) in [5.41, 5.74) is 2.71. The lowest BCUT2D eigenvalue weighted by molar-refractivity contribution is 0.181. The third kappa shape index (κ3) is 4.58. The Balaban J connectivity index is 1.94. The van der Waals surface area contributed by atoms with Crippen molar-refractivity contribution in [1.29, 1.82) is 0 Å². The van der Waals surface area contributed by atoms with Gasteiger partial charge in [0.05, 0.1) is 6.61 Å². The van der Waals surface area contributed by atoms with Gasteiger partial charge >= 0.3 is 0 Å². The summed E-state index contributed by atoms with van der Waals surface area (Å²) in [6, 6.07) is 9.28. The quantitative estimate of drug-likeness (QED) is 0.829. The molecule has 0 radical (unpaired) electrons. The lowest BCUT2D eigenvalue weighted by Crippen LogP contribution is -2.43. The van der Waals surface area contributed by atoms with Gasteiger partial charge in [-0.1, -0.05) is 37.6 Å². The summed E-state index contributed by atoms with van der Waals surface area (Å²) in [6.45, 7) is 7.41. The highest BCUT2D eigenvalue weighted by atomic mass is 16.5. The predicted molar refractivity (Wildman–Crippen MR) is 83.7 cm³/mol. The number of benzene rings is 1. The van der Waals surface area contributed by atoms with Crippen molar-refractivity contribution in [1.82, 2.24) is 10.2 Å². The summed E-state index contributed by atoms with van der Waals surface area (Å²) >= 11 is 0. The molecule has 1 aliphatic rings. The third-order valence-corrected chi connectivity index (χ3v) is 4.15. The van der Waals surface area contributed by atoms with Crippen molar-refractivity contribution < 1.29 is 4.74 Å². The summed E-state index contributed by atoms with van der Waals surface area (Å²) in [6.07, 6.45) is 4.02. The number of likely N-dealkylation sites (N-methyl/N-ethyl adjacent to an activating group) is 1. The van der Waals surface area contributed by atoms with Crippen molar-refractivity contribution in [3.8, 4) is 0 Å². The average Bonchev–Trinajstić information content (AvgIpc) is 2.50. The number of methoxy groups -OCH3 is 1. The highest BCUT2D eigenvalue weighted by Gasteiger charge is 2.16. The molecule has 1 heterocycles. The predicted octanol–water partition coefficient (Wildman–Crippen LogP) is 2.80. The van der Waals surface area contributed by atoms with E-state index in [1.54, 1.807) is 7.11 Å². The van der Waals surface area contributed by atoms with Crippen LogP contribution in [0.2, 0.25) is 0 Å². The minimum Gasteiger partial charge on any atom is -0.380 e. The summed E-state index contributed by atoms with van der Waals surface area (Å²) in [4.78, 5) is 2.54. The van der Waals surface area contributed by atoms with Crippen LogP contribution in [0.4, 0.5) is 0 Å². The van der Waals surface area contributed by atoms with Gasteiger partial charge in [-0.15, -0.1) is 0 Å². The van der Waals surface area contributed by atoms with Gasteiger partial charge in [0.25, 0.3) is 0 Å².